The van der Waals surface area contributed by atoms with Gasteiger partial charge in [-0.2, -0.15) is 0 Å². The number of carbonyl (C=O) groups excluding carboxylic acids is 1. The molecule has 1 aliphatic carbocycles. The molecule has 1 saturated heterocycles. The number of H-pyrrole nitrogens is 1. The van der Waals surface area contributed by atoms with Crippen molar-refractivity contribution in [1.82, 2.24) is 25.1 Å². The Morgan fingerprint density at radius 2 is 1.89 bits per heavy atom. The summed E-state index contributed by atoms with van der Waals surface area (Å²) in [6.45, 7) is 0.671. The summed E-state index contributed by atoms with van der Waals surface area (Å²) in [5, 5.41) is 11.3. The average Bonchev–Trinajstić information content (AvgIpc) is 3.92. The first-order chi connectivity index (χ1) is 23.0. The molecular weight excluding hydrogens is 616 g/mol. The van der Waals surface area contributed by atoms with E-state index >= 15 is 0 Å². The van der Waals surface area contributed by atoms with Crippen molar-refractivity contribution in [3.63, 3.8) is 0 Å². The van der Waals surface area contributed by atoms with Gasteiger partial charge in [0.15, 0.2) is 0 Å². The number of pyridine rings is 2. The number of aromatic amines is 1. The van der Waals surface area contributed by atoms with Gasteiger partial charge in [0.2, 0.25) is 0 Å². The largest absolute Gasteiger partial charge is 0.434 e. The summed E-state index contributed by atoms with van der Waals surface area (Å²) in [5.74, 6) is -0.165. The summed E-state index contributed by atoms with van der Waals surface area (Å²) in [4.78, 5) is 39.1. The number of benzene rings is 2. The lowest BCUT2D eigenvalue weighted by atomic mass is 9.93. The zero-order chi connectivity index (χ0) is 31.6. The molecule has 2 N–H and O–H groups in total. The number of hydrogen-bond acceptors (Lipinski definition) is 8. The number of aryl methyl sites for hydroxylation is 3. The van der Waals surface area contributed by atoms with Crippen LogP contribution in [0.1, 0.15) is 69.8 Å². The molecule has 2 atom stereocenters. The van der Waals surface area contributed by atoms with Crippen molar-refractivity contribution < 1.29 is 13.6 Å². The van der Waals surface area contributed by atoms with Crippen LogP contribution in [0.25, 0.3) is 32.0 Å². The molecule has 0 bridgehead atoms. The summed E-state index contributed by atoms with van der Waals surface area (Å²) < 4.78 is 20.2. The number of rotatable bonds is 7. The summed E-state index contributed by atoms with van der Waals surface area (Å²) in [6.07, 6.45) is 6.61. The fourth-order valence-corrected chi connectivity index (χ4v) is 8.69. The summed E-state index contributed by atoms with van der Waals surface area (Å²) in [5.41, 5.74) is 6.78. The van der Waals surface area contributed by atoms with Gasteiger partial charge in [0.1, 0.15) is 11.6 Å². The Morgan fingerprint density at radius 1 is 1.02 bits per heavy atom. The maximum Gasteiger partial charge on any atom is 0.434 e. The Hall–Kier alpha value is -5.16. The number of thiophene rings is 1. The number of carbonyl (C=O) groups is 1. The summed E-state index contributed by atoms with van der Waals surface area (Å²) in [6, 6.07) is 19.0. The highest BCUT2D eigenvalue weighted by molar-refractivity contribution is 7.23. The molecule has 47 heavy (non-hydrogen) atoms. The number of hydrogen-bond donors (Lipinski definition) is 2. The van der Waals surface area contributed by atoms with Gasteiger partial charge >= 0.3 is 5.76 Å². The Labute approximate surface area is 272 Å². The minimum absolute atomic E-state index is 0.0642. The van der Waals surface area contributed by atoms with Gasteiger partial charge in [0.05, 0.1) is 39.3 Å². The van der Waals surface area contributed by atoms with Crippen LogP contribution in [-0.2, 0) is 19.3 Å². The molecule has 1 fully saturated rings. The Balaban J connectivity index is 1.22. The second kappa shape index (κ2) is 11.0. The van der Waals surface area contributed by atoms with Crippen LogP contribution in [0.3, 0.4) is 0 Å². The van der Waals surface area contributed by atoms with Gasteiger partial charge in [0, 0.05) is 23.2 Å². The molecule has 1 amide bonds. The topological polar surface area (TPSA) is 117 Å². The Bertz CT molecular complexity index is 2260. The fourth-order valence-electron chi connectivity index (χ4n) is 7.52. The van der Waals surface area contributed by atoms with Crippen LogP contribution in [0.5, 0.6) is 0 Å². The van der Waals surface area contributed by atoms with Crippen molar-refractivity contribution in [1.29, 1.82) is 0 Å². The predicted octanol–water partition coefficient (Wildman–Crippen LogP) is 7.02. The molecule has 3 aliphatic rings. The second-order valence-electron chi connectivity index (χ2n) is 12.4. The van der Waals surface area contributed by atoms with Gasteiger partial charge in [-0.3, -0.25) is 9.78 Å². The molecule has 9 rings (SSSR count). The van der Waals surface area contributed by atoms with E-state index in [1.807, 2.05) is 17.2 Å². The van der Waals surface area contributed by atoms with Gasteiger partial charge in [-0.15, -0.1) is 16.4 Å². The van der Waals surface area contributed by atoms with E-state index in [9.17, 15) is 14.0 Å². The molecule has 4 aromatic heterocycles. The number of halogens is 1. The highest BCUT2D eigenvalue weighted by atomic mass is 32.1. The van der Waals surface area contributed by atoms with E-state index in [2.05, 4.69) is 45.8 Å². The van der Waals surface area contributed by atoms with E-state index in [-0.39, 0.29) is 29.7 Å². The lowest BCUT2D eigenvalue weighted by Crippen LogP contribution is -2.22. The molecule has 11 heteroatoms. The van der Waals surface area contributed by atoms with Crippen molar-refractivity contribution in [2.24, 2.45) is 0 Å². The van der Waals surface area contributed by atoms with Crippen LogP contribution in [0.15, 0.2) is 76.1 Å². The number of nitrogens with one attached hydrogen (secondary N) is 2. The monoisotopic (exact) mass is 644 g/mol. The predicted molar refractivity (Wildman–Crippen MR) is 177 cm³/mol. The number of anilines is 1. The van der Waals surface area contributed by atoms with E-state index in [1.54, 1.807) is 23.5 Å². The number of nitrogens with zero attached hydrogens (tertiary/aromatic N) is 4. The third-order valence-corrected chi connectivity index (χ3v) is 10.9. The maximum absolute atomic E-state index is 14.1. The van der Waals surface area contributed by atoms with E-state index < -0.39 is 5.76 Å². The lowest BCUT2D eigenvalue weighted by molar-refractivity contribution is 0.0776. The minimum Gasteiger partial charge on any atom is -0.388 e. The first kappa shape index (κ1) is 28.1. The van der Waals surface area contributed by atoms with Crippen molar-refractivity contribution in [3.8, 4) is 21.9 Å². The summed E-state index contributed by atoms with van der Waals surface area (Å²) >= 11 is 1.56. The minimum atomic E-state index is -0.688. The molecule has 234 valence electrons. The first-order valence-corrected chi connectivity index (χ1v) is 16.7. The highest BCUT2D eigenvalue weighted by Crippen LogP contribution is 2.50. The Kier molecular flexibility index (Phi) is 6.56. The molecular formula is C36H29FN6O3S. The average molecular weight is 645 g/mol. The van der Waals surface area contributed by atoms with Crippen LogP contribution < -0.4 is 11.1 Å². The quantitative estimate of drug-likeness (QED) is 0.192. The number of fused-ring (bicyclic) bond motifs is 5. The zero-order valence-electron chi connectivity index (χ0n) is 25.3. The van der Waals surface area contributed by atoms with Crippen molar-refractivity contribution in [3.05, 3.63) is 117 Å². The molecule has 0 radical (unpaired) electrons. The van der Waals surface area contributed by atoms with Crippen molar-refractivity contribution in [2.45, 2.75) is 50.6 Å². The highest BCUT2D eigenvalue weighted by Gasteiger charge is 2.45. The van der Waals surface area contributed by atoms with Gasteiger partial charge < -0.3 is 14.6 Å². The number of amides is 1. The third kappa shape index (κ3) is 4.67. The molecule has 6 heterocycles. The molecule has 0 spiro atoms. The summed E-state index contributed by atoms with van der Waals surface area (Å²) in [7, 11) is 0. The molecule has 2 aromatic carbocycles. The standard InChI is InChI=1S/C36H29FN6O3S/c37-22-11-7-19(8-12-22)9-13-25-28(34-41-42-36(45)46-34)29(30-31(39-25)26-6-3-17-43(26)35(30)44)27-18-21-15-16-38-33(32(21)47-27)40-24-14-10-20-4-1-2-5-23(20)24/h1-2,4-5,7-8,11-12,15-16,18,24,26H,3,6,9-10,13-14,17H2,(H,38,40)(H,42,45)/t24-,26+/m0/s1. The van der Waals surface area contributed by atoms with Crippen LogP contribution >= 0.6 is 11.3 Å². The number of aromatic nitrogens is 4. The lowest BCUT2D eigenvalue weighted by Gasteiger charge is -2.16. The molecule has 0 unspecified atom stereocenters. The SMILES string of the molecule is O=C1c2c(nc(CCc3ccc(F)cc3)c(-c3n[nH]c(=O)o3)c2-c2cc3ccnc(N[C@H]4CCc5ccccc54)c3s2)[C@H]2CCCN12. The third-order valence-electron chi connectivity index (χ3n) is 9.68. The van der Waals surface area contributed by atoms with Crippen LogP contribution in [0, 0.1) is 5.82 Å². The van der Waals surface area contributed by atoms with Crippen molar-refractivity contribution in [2.75, 3.05) is 11.9 Å². The van der Waals surface area contributed by atoms with Crippen molar-refractivity contribution >= 4 is 33.1 Å². The molecule has 9 nitrogen and oxygen atoms in total. The molecule has 6 aromatic rings. The van der Waals surface area contributed by atoms with Gasteiger partial charge in [-0.05, 0) is 84.9 Å². The van der Waals surface area contributed by atoms with Gasteiger partial charge in [-0.1, -0.05) is 36.4 Å². The van der Waals surface area contributed by atoms with Crippen LogP contribution in [0.4, 0.5) is 10.2 Å². The van der Waals surface area contributed by atoms with Gasteiger partial charge in [0.25, 0.3) is 11.8 Å². The first-order valence-electron chi connectivity index (χ1n) is 15.9. The second-order valence-corrected chi connectivity index (χ2v) is 13.4. The zero-order valence-corrected chi connectivity index (χ0v) is 26.1. The van der Waals surface area contributed by atoms with E-state index in [1.165, 1.54) is 23.3 Å². The molecule has 0 saturated carbocycles. The fraction of sp³-hybridized carbons (Fsp3) is 0.250. The van der Waals surface area contributed by atoms with Crippen LogP contribution in [-0.4, -0.2) is 37.5 Å². The van der Waals surface area contributed by atoms with Gasteiger partial charge in [-0.25, -0.2) is 19.3 Å². The van der Waals surface area contributed by atoms with E-state index in [0.29, 0.717) is 41.8 Å². The van der Waals surface area contributed by atoms with E-state index in [4.69, 9.17) is 14.4 Å². The smallest absolute Gasteiger partial charge is 0.388 e. The maximum atomic E-state index is 14.1. The normalized spacial score (nSPS) is 18.1. The van der Waals surface area contributed by atoms with Crippen LogP contribution in [0.2, 0.25) is 0 Å². The Morgan fingerprint density at radius 3 is 2.74 bits per heavy atom. The molecule has 2 aliphatic heterocycles. The van der Waals surface area contributed by atoms with E-state index in [0.717, 1.165) is 57.7 Å².